The van der Waals surface area contributed by atoms with Crippen molar-refractivity contribution in [2.75, 3.05) is 4.90 Å². The first-order valence-electron chi connectivity index (χ1n) is 9.24. The van der Waals surface area contributed by atoms with Gasteiger partial charge in [-0.15, -0.1) is 0 Å². The summed E-state index contributed by atoms with van der Waals surface area (Å²) in [5.41, 5.74) is 1.91. The maximum absolute atomic E-state index is 12.9. The van der Waals surface area contributed by atoms with Crippen LogP contribution in [0.4, 0.5) is 10.5 Å². The highest BCUT2D eigenvalue weighted by Gasteiger charge is 2.36. The zero-order valence-corrected chi connectivity index (χ0v) is 17.9. The number of benzene rings is 2. The van der Waals surface area contributed by atoms with Gasteiger partial charge in [0.1, 0.15) is 11.3 Å². The lowest BCUT2D eigenvalue weighted by molar-refractivity contribution is -0.122. The summed E-state index contributed by atoms with van der Waals surface area (Å²) in [6, 6.07) is 11.4. The van der Waals surface area contributed by atoms with Gasteiger partial charge in [-0.05, 0) is 72.1 Å². The Hall–Kier alpha value is -2.93. The summed E-state index contributed by atoms with van der Waals surface area (Å²) in [7, 11) is 0. The van der Waals surface area contributed by atoms with E-state index in [1.807, 2.05) is 20.8 Å². The average Bonchev–Trinajstić information content (AvgIpc) is 2.68. The van der Waals surface area contributed by atoms with E-state index in [9.17, 15) is 14.4 Å². The zero-order valence-electron chi connectivity index (χ0n) is 16.4. The fraction of sp³-hybridized carbons (Fsp3) is 0.227. The number of barbiturate groups is 1. The van der Waals surface area contributed by atoms with E-state index in [2.05, 4.69) is 21.2 Å². The van der Waals surface area contributed by atoms with Crippen LogP contribution in [0.25, 0.3) is 6.08 Å². The minimum absolute atomic E-state index is 0.0651. The Morgan fingerprint density at radius 1 is 1.14 bits per heavy atom. The molecule has 0 radical (unpaired) electrons. The molecule has 1 heterocycles. The highest BCUT2D eigenvalue weighted by molar-refractivity contribution is 9.10. The van der Waals surface area contributed by atoms with Gasteiger partial charge in [-0.1, -0.05) is 30.7 Å². The molecule has 1 atom stereocenters. The highest BCUT2D eigenvalue weighted by Crippen LogP contribution is 2.29. The second-order valence-corrected chi connectivity index (χ2v) is 7.67. The molecule has 2 aromatic carbocycles. The van der Waals surface area contributed by atoms with Crippen LogP contribution in [0.1, 0.15) is 31.4 Å². The van der Waals surface area contributed by atoms with Gasteiger partial charge in [-0.25, -0.2) is 9.69 Å². The molecule has 1 saturated heterocycles. The van der Waals surface area contributed by atoms with Crippen LogP contribution in [-0.4, -0.2) is 23.9 Å². The van der Waals surface area contributed by atoms with Gasteiger partial charge in [0.2, 0.25) is 0 Å². The van der Waals surface area contributed by atoms with Gasteiger partial charge in [0.25, 0.3) is 11.8 Å². The van der Waals surface area contributed by atoms with Crippen molar-refractivity contribution < 1.29 is 19.1 Å². The summed E-state index contributed by atoms with van der Waals surface area (Å²) in [5, 5.41) is 2.23. The number of carbonyl (C=O) groups excluding carboxylic acids is 3. The highest BCUT2D eigenvalue weighted by atomic mass is 79.9. The van der Waals surface area contributed by atoms with Crippen molar-refractivity contribution in [3.05, 3.63) is 63.6 Å². The standard InChI is InChI=1S/C22H21BrN2O4/c1-4-14(3)29-19-10-7-15(12-18(19)23)11-17-20(26)24-22(28)25(21(17)27)16-8-5-13(2)6-9-16/h5-12,14H,4H2,1-3H3,(H,24,26,28)/b17-11+. The number of hydrogen-bond donors (Lipinski definition) is 1. The third-order valence-electron chi connectivity index (χ3n) is 4.56. The van der Waals surface area contributed by atoms with E-state index >= 15 is 0 Å². The zero-order chi connectivity index (χ0) is 21.1. The van der Waals surface area contributed by atoms with E-state index in [-0.39, 0.29) is 11.7 Å². The number of anilines is 1. The largest absolute Gasteiger partial charge is 0.490 e. The normalized spacial score (nSPS) is 16.8. The van der Waals surface area contributed by atoms with Crippen LogP contribution in [0.3, 0.4) is 0 Å². The van der Waals surface area contributed by atoms with Gasteiger partial charge < -0.3 is 4.74 Å². The van der Waals surface area contributed by atoms with Gasteiger partial charge in [0.15, 0.2) is 0 Å². The van der Waals surface area contributed by atoms with Crippen LogP contribution < -0.4 is 15.0 Å². The second kappa shape index (κ2) is 8.61. The summed E-state index contributed by atoms with van der Waals surface area (Å²) < 4.78 is 6.52. The van der Waals surface area contributed by atoms with Crippen molar-refractivity contribution in [2.45, 2.75) is 33.3 Å². The van der Waals surface area contributed by atoms with Crippen molar-refractivity contribution in [3.63, 3.8) is 0 Å². The summed E-state index contributed by atoms with van der Waals surface area (Å²) >= 11 is 3.46. The first-order valence-corrected chi connectivity index (χ1v) is 10.0. The molecule has 4 amide bonds. The average molecular weight is 457 g/mol. The maximum atomic E-state index is 12.9. The van der Waals surface area contributed by atoms with Gasteiger partial charge in [-0.2, -0.15) is 0 Å². The van der Waals surface area contributed by atoms with Crippen LogP contribution in [0.5, 0.6) is 5.75 Å². The summed E-state index contributed by atoms with van der Waals surface area (Å²) in [4.78, 5) is 38.4. The summed E-state index contributed by atoms with van der Waals surface area (Å²) in [6.07, 6.45) is 2.40. The Labute approximate surface area is 177 Å². The first-order chi connectivity index (χ1) is 13.8. The lowest BCUT2D eigenvalue weighted by Gasteiger charge is -2.26. The minimum atomic E-state index is -0.764. The molecular weight excluding hydrogens is 436 g/mol. The van der Waals surface area contributed by atoms with Crippen molar-refractivity contribution in [1.29, 1.82) is 0 Å². The van der Waals surface area contributed by atoms with Crippen molar-refractivity contribution in [1.82, 2.24) is 5.32 Å². The predicted octanol–water partition coefficient (Wildman–Crippen LogP) is 4.60. The number of carbonyl (C=O) groups is 3. The Balaban J connectivity index is 1.92. The molecule has 29 heavy (non-hydrogen) atoms. The topological polar surface area (TPSA) is 75.7 Å². The van der Waals surface area contributed by atoms with E-state index in [4.69, 9.17) is 4.74 Å². The smallest absolute Gasteiger partial charge is 0.335 e. The molecule has 0 aromatic heterocycles. The Morgan fingerprint density at radius 2 is 1.83 bits per heavy atom. The quantitative estimate of drug-likeness (QED) is 0.526. The van der Waals surface area contributed by atoms with Crippen LogP contribution in [-0.2, 0) is 9.59 Å². The summed E-state index contributed by atoms with van der Waals surface area (Å²) in [5.74, 6) is -0.713. The molecular formula is C22H21BrN2O4. The van der Waals surface area contributed by atoms with Crippen molar-refractivity contribution >= 4 is 45.5 Å². The number of halogens is 1. The maximum Gasteiger partial charge on any atom is 0.335 e. The molecule has 0 bridgehead atoms. The molecule has 0 saturated carbocycles. The number of rotatable bonds is 5. The van der Waals surface area contributed by atoms with E-state index < -0.39 is 17.8 Å². The van der Waals surface area contributed by atoms with Crippen LogP contribution in [0, 0.1) is 6.92 Å². The number of nitrogens with one attached hydrogen (secondary N) is 1. The van der Waals surface area contributed by atoms with Crippen LogP contribution >= 0.6 is 15.9 Å². The van der Waals surface area contributed by atoms with E-state index in [1.165, 1.54) is 6.08 Å². The number of imide groups is 2. The Morgan fingerprint density at radius 3 is 2.45 bits per heavy atom. The molecule has 7 heteroatoms. The second-order valence-electron chi connectivity index (χ2n) is 6.82. The molecule has 1 fully saturated rings. The first kappa shape index (κ1) is 20.8. The molecule has 1 aliphatic heterocycles. The fourth-order valence-electron chi connectivity index (χ4n) is 2.75. The van der Waals surface area contributed by atoms with Gasteiger partial charge in [0, 0.05) is 0 Å². The van der Waals surface area contributed by atoms with Crippen LogP contribution in [0.2, 0.25) is 0 Å². The lowest BCUT2D eigenvalue weighted by Crippen LogP contribution is -2.54. The fourth-order valence-corrected chi connectivity index (χ4v) is 3.24. The molecule has 150 valence electrons. The molecule has 2 aromatic rings. The molecule has 6 nitrogen and oxygen atoms in total. The van der Waals surface area contributed by atoms with Crippen molar-refractivity contribution in [3.8, 4) is 5.75 Å². The third kappa shape index (κ3) is 4.56. The Kier molecular flexibility index (Phi) is 6.17. The van der Waals surface area contributed by atoms with Gasteiger partial charge in [-0.3, -0.25) is 14.9 Å². The van der Waals surface area contributed by atoms with Gasteiger partial charge >= 0.3 is 6.03 Å². The lowest BCUT2D eigenvalue weighted by atomic mass is 10.1. The molecule has 1 N–H and O–H groups in total. The monoisotopic (exact) mass is 456 g/mol. The Bertz CT molecular complexity index is 998. The molecule has 3 rings (SSSR count). The minimum Gasteiger partial charge on any atom is -0.490 e. The number of amides is 4. The molecule has 0 spiro atoms. The van der Waals surface area contributed by atoms with Crippen molar-refractivity contribution in [2.24, 2.45) is 0 Å². The predicted molar refractivity (Wildman–Crippen MR) is 115 cm³/mol. The summed E-state index contributed by atoms with van der Waals surface area (Å²) in [6.45, 7) is 5.92. The number of aryl methyl sites for hydroxylation is 1. The number of nitrogens with zero attached hydrogens (tertiary/aromatic N) is 1. The SMILES string of the molecule is CCC(C)Oc1ccc(/C=C2\C(=O)NC(=O)N(c3ccc(C)cc3)C2=O)cc1Br. The van der Waals surface area contributed by atoms with E-state index in [1.54, 1.807) is 42.5 Å². The van der Waals surface area contributed by atoms with E-state index in [0.717, 1.165) is 16.9 Å². The van der Waals surface area contributed by atoms with Gasteiger partial charge in [0.05, 0.1) is 16.3 Å². The molecule has 0 aliphatic carbocycles. The number of ether oxygens (including phenoxy) is 1. The van der Waals surface area contributed by atoms with Crippen LogP contribution in [0.15, 0.2) is 52.5 Å². The molecule has 1 unspecified atom stereocenters. The molecule has 1 aliphatic rings. The number of urea groups is 1. The third-order valence-corrected chi connectivity index (χ3v) is 5.18. The van der Waals surface area contributed by atoms with E-state index in [0.29, 0.717) is 21.5 Å². The number of hydrogen-bond acceptors (Lipinski definition) is 4.